The Bertz CT molecular complexity index is 1050. The van der Waals surface area contributed by atoms with Gasteiger partial charge in [0.25, 0.3) is 5.91 Å². The minimum absolute atomic E-state index is 0.0853. The van der Waals surface area contributed by atoms with Crippen molar-refractivity contribution in [1.82, 2.24) is 14.7 Å². The molecule has 2 fully saturated rings. The zero-order chi connectivity index (χ0) is 25.0. The SMILES string of the molecule is CN1CCN(C(=O)CC2(COc3ccc(Cl)cc3)CCN(C(=O)c3ccc(F)cc3F)CC2)CC1. The van der Waals surface area contributed by atoms with Crippen LogP contribution in [0.15, 0.2) is 42.5 Å². The summed E-state index contributed by atoms with van der Waals surface area (Å²) >= 11 is 5.97. The van der Waals surface area contributed by atoms with Crippen LogP contribution in [0.5, 0.6) is 5.75 Å². The molecular weight excluding hydrogens is 476 g/mol. The highest BCUT2D eigenvalue weighted by molar-refractivity contribution is 6.30. The Morgan fingerprint density at radius 1 is 0.943 bits per heavy atom. The lowest BCUT2D eigenvalue weighted by molar-refractivity contribution is -0.136. The monoisotopic (exact) mass is 505 g/mol. The van der Waals surface area contributed by atoms with Gasteiger partial charge in [-0.3, -0.25) is 9.59 Å². The molecule has 0 N–H and O–H groups in total. The fraction of sp³-hybridized carbons (Fsp3) is 0.462. The van der Waals surface area contributed by atoms with Gasteiger partial charge < -0.3 is 19.4 Å². The zero-order valence-corrected chi connectivity index (χ0v) is 20.6. The third-order valence-corrected chi connectivity index (χ3v) is 7.27. The minimum atomic E-state index is -0.872. The molecule has 0 aromatic heterocycles. The van der Waals surface area contributed by atoms with Crippen LogP contribution >= 0.6 is 11.6 Å². The predicted octanol–water partition coefficient (Wildman–Crippen LogP) is 4.08. The number of likely N-dealkylation sites (N-methyl/N-ethyl adjacent to an activating group) is 1. The van der Waals surface area contributed by atoms with Gasteiger partial charge in [-0.25, -0.2) is 8.78 Å². The highest BCUT2D eigenvalue weighted by atomic mass is 35.5. The molecule has 0 spiro atoms. The quantitative estimate of drug-likeness (QED) is 0.593. The number of nitrogens with zero attached hydrogens (tertiary/aromatic N) is 3. The number of carbonyl (C=O) groups excluding carboxylic acids is 2. The molecule has 2 aliphatic rings. The van der Waals surface area contributed by atoms with Gasteiger partial charge in [-0.2, -0.15) is 0 Å². The van der Waals surface area contributed by atoms with Gasteiger partial charge in [-0.15, -0.1) is 0 Å². The van der Waals surface area contributed by atoms with Crippen molar-refractivity contribution in [3.8, 4) is 5.75 Å². The Balaban J connectivity index is 1.45. The maximum atomic E-state index is 14.2. The summed E-state index contributed by atoms with van der Waals surface area (Å²) in [7, 11) is 2.04. The Morgan fingerprint density at radius 2 is 1.60 bits per heavy atom. The number of amides is 2. The van der Waals surface area contributed by atoms with Gasteiger partial charge in [0.05, 0.1) is 12.2 Å². The van der Waals surface area contributed by atoms with E-state index in [9.17, 15) is 18.4 Å². The van der Waals surface area contributed by atoms with Crippen LogP contribution in [0.4, 0.5) is 8.78 Å². The fourth-order valence-corrected chi connectivity index (χ4v) is 4.77. The van der Waals surface area contributed by atoms with E-state index in [0.717, 1.165) is 25.2 Å². The van der Waals surface area contributed by atoms with Crippen LogP contribution in [0.2, 0.25) is 5.02 Å². The Morgan fingerprint density at radius 3 is 2.23 bits per heavy atom. The van der Waals surface area contributed by atoms with Crippen molar-refractivity contribution >= 4 is 23.4 Å². The molecule has 2 aromatic carbocycles. The molecule has 2 aliphatic heterocycles. The first-order valence-corrected chi connectivity index (χ1v) is 12.2. The van der Waals surface area contributed by atoms with E-state index >= 15 is 0 Å². The Kier molecular flexibility index (Phi) is 7.91. The molecule has 0 aliphatic carbocycles. The highest BCUT2D eigenvalue weighted by Crippen LogP contribution is 2.37. The lowest BCUT2D eigenvalue weighted by atomic mass is 9.75. The van der Waals surface area contributed by atoms with Gasteiger partial charge in [0, 0.05) is 62.2 Å². The summed E-state index contributed by atoms with van der Waals surface area (Å²) in [6, 6.07) is 10.0. The first-order chi connectivity index (χ1) is 16.7. The summed E-state index contributed by atoms with van der Waals surface area (Å²) in [6.07, 6.45) is 1.39. The number of likely N-dealkylation sites (tertiary alicyclic amines) is 1. The van der Waals surface area contributed by atoms with E-state index in [2.05, 4.69) is 4.90 Å². The molecule has 0 radical (unpaired) electrons. The van der Waals surface area contributed by atoms with Crippen molar-refractivity contribution in [2.24, 2.45) is 5.41 Å². The number of benzene rings is 2. The van der Waals surface area contributed by atoms with Crippen molar-refractivity contribution < 1.29 is 23.1 Å². The Hall–Kier alpha value is -2.71. The summed E-state index contributed by atoms with van der Waals surface area (Å²) in [5.41, 5.74) is -0.608. The molecule has 35 heavy (non-hydrogen) atoms. The second-order valence-electron chi connectivity index (χ2n) is 9.52. The number of ether oxygens (including phenoxy) is 1. The summed E-state index contributed by atoms with van der Waals surface area (Å²) in [4.78, 5) is 31.8. The van der Waals surface area contributed by atoms with Crippen molar-refractivity contribution in [1.29, 1.82) is 0 Å². The molecule has 2 aromatic rings. The third kappa shape index (κ3) is 6.30. The topological polar surface area (TPSA) is 53.1 Å². The lowest BCUT2D eigenvalue weighted by Crippen LogP contribution is -2.51. The van der Waals surface area contributed by atoms with E-state index in [0.29, 0.717) is 62.8 Å². The van der Waals surface area contributed by atoms with Gasteiger partial charge in [0.1, 0.15) is 17.4 Å². The molecule has 0 bridgehead atoms. The maximum Gasteiger partial charge on any atom is 0.256 e. The number of hydrogen-bond donors (Lipinski definition) is 0. The van der Waals surface area contributed by atoms with Gasteiger partial charge in [0.15, 0.2) is 0 Å². The average Bonchev–Trinajstić information content (AvgIpc) is 2.84. The smallest absolute Gasteiger partial charge is 0.256 e. The van der Waals surface area contributed by atoms with Crippen LogP contribution in [-0.4, -0.2) is 79.4 Å². The van der Waals surface area contributed by atoms with Gasteiger partial charge >= 0.3 is 0 Å². The molecule has 2 saturated heterocycles. The van der Waals surface area contributed by atoms with Crippen LogP contribution in [-0.2, 0) is 4.79 Å². The molecule has 0 unspecified atom stereocenters. The summed E-state index contributed by atoms with van der Waals surface area (Å²) in [5.74, 6) is -1.32. The number of rotatable bonds is 6. The van der Waals surface area contributed by atoms with Crippen LogP contribution in [0.25, 0.3) is 0 Å². The van der Waals surface area contributed by atoms with Gasteiger partial charge in [0.2, 0.25) is 5.91 Å². The minimum Gasteiger partial charge on any atom is -0.493 e. The van der Waals surface area contributed by atoms with Crippen molar-refractivity contribution in [2.75, 3.05) is 52.9 Å². The second-order valence-corrected chi connectivity index (χ2v) is 9.96. The molecule has 2 heterocycles. The molecule has 9 heteroatoms. The maximum absolute atomic E-state index is 14.2. The number of carbonyl (C=O) groups is 2. The average molecular weight is 506 g/mol. The fourth-order valence-electron chi connectivity index (χ4n) is 4.65. The normalized spacial score (nSPS) is 18.4. The van der Waals surface area contributed by atoms with Crippen LogP contribution in [0, 0.1) is 17.0 Å². The van der Waals surface area contributed by atoms with E-state index in [-0.39, 0.29) is 11.5 Å². The number of halogens is 3. The highest BCUT2D eigenvalue weighted by Gasteiger charge is 2.40. The Labute approximate surface area is 209 Å². The standard InChI is InChI=1S/C26H30ClF2N3O3/c1-30-12-14-31(15-13-30)24(33)17-26(18-35-21-5-2-19(27)3-6-21)8-10-32(11-9-26)25(34)22-7-4-20(28)16-23(22)29/h2-7,16H,8-15,17-18H2,1H3. The van der Waals surface area contributed by atoms with Gasteiger partial charge in [-0.05, 0) is 56.3 Å². The summed E-state index contributed by atoms with van der Waals surface area (Å²) in [6.45, 7) is 4.10. The van der Waals surface area contributed by atoms with Crippen molar-refractivity contribution in [3.63, 3.8) is 0 Å². The summed E-state index contributed by atoms with van der Waals surface area (Å²) in [5, 5.41) is 0.608. The molecule has 0 atom stereocenters. The number of hydrogen-bond acceptors (Lipinski definition) is 4. The largest absolute Gasteiger partial charge is 0.493 e. The second kappa shape index (κ2) is 10.9. The molecular formula is C26H30ClF2N3O3. The van der Waals surface area contributed by atoms with E-state index in [4.69, 9.17) is 16.3 Å². The van der Waals surface area contributed by atoms with E-state index in [1.165, 1.54) is 6.07 Å². The molecule has 188 valence electrons. The van der Waals surface area contributed by atoms with Crippen molar-refractivity contribution in [2.45, 2.75) is 19.3 Å². The van der Waals surface area contributed by atoms with E-state index in [1.807, 2.05) is 11.9 Å². The number of piperidine rings is 1. The first-order valence-electron chi connectivity index (χ1n) is 11.8. The third-order valence-electron chi connectivity index (χ3n) is 7.01. The van der Waals surface area contributed by atoms with E-state index in [1.54, 1.807) is 29.2 Å². The molecule has 0 saturated carbocycles. The van der Waals surface area contributed by atoms with E-state index < -0.39 is 23.0 Å². The molecule has 6 nitrogen and oxygen atoms in total. The van der Waals surface area contributed by atoms with Gasteiger partial charge in [-0.1, -0.05) is 11.6 Å². The van der Waals surface area contributed by atoms with Crippen molar-refractivity contribution in [3.05, 3.63) is 64.7 Å². The van der Waals surface area contributed by atoms with Crippen LogP contribution < -0.4 is 4.74 Å². The lowest BCUT2D eigenvalue weighted by Gasteiger charge is -2.42. The number of piperazine rings is 1. The zero-order valence-electron chi connectivity index (χ0n) is 19.8. The molecule has 2 amide bonds. The van der Waals surface area contributed by atoms with Crippen LogP contribution in [0.1, 0.15) is 29.6 Å². The first kappa shape index (κ1) is 25.4. The molecule has 4 rings (SSSR count). The summed E-state index contributed by atoms with van der Waals surface area (Å²) < 4.78 is 33.5. The predicted molar refractivity (Wildman–Crippen MR) is 130 cm³/mol. The van der Waals surface area contributed by atoms with Crippen LogP contribution in [0.3, 0.4) is 0 Å².